The predicted octanol–water partition coefficient (Wildman–Crippen LogP) is 31.3. The van der Waals surface area contributed by atoms with E-state index in [4.69, 9.17) is 4.74 Å². The standard InChI is InChI=1S/C26H18.C26H20.C16H16.C13H12.2C11H10.C8H10O.C8H10/c1-17-14-15-21-20-10-4-7-13-24(20)26(25(21)16-17)22-11-5-2-8-18(22)19-9-3-6-12-23(19)26;1-19-16-17-23-22-14-8-9-15-24(22)26(25(23)18-19,20-10-4-2-5-11-20)21-12-6-3-7-13-21;1-11-8-9-13-12-6-4-5-7-14(12)16(2,3)15(13)10-11;1-11-7-5-6-10-13(11)12-8-3-2-4-9-12;1-9-5-4-7-10-6-2-3-8-11(9)10;1-9-6-7-10-4-2-3-5-11(10)8-9;1-7-3-5-8(9-2)6-4-7;1-7-3-5-8(2)6-4-7/h2-16H,1H3;2-18H,1H3;4-10H,1-3H3;2-10H,1H3;2*2-8H,1H3;3-6H,1-2H3;3-6H,1-2H3. The van der Waals surface area contributed by atoms with Crippen molar-refractivity contribution in [3.63, 3.8) is 0 Å². The first-order valence-electron chi connectivity index (χ1n) is 42.1. The van der Waals surface area contributed by atoms with Crippen LogP contribution in [-0.2, 0) is 16.2 Å². The summed E-state index contributed by atoms with van der Waals surface area (Å²) < 4.78 is 4.97. The number of aryl methyl sites for hydroxylation is 9. The van der Waals surface area contributed by atoms with Crippen LogP contribution in [0.3, 0.4) is 0 Å². The second kappa shape index (κ2) is 36.4. The fourth-order valence-electron chi connectivity index (χ4n) is 18.1. The predicted molar refractivity (Wildman–Crippen MR) is 512 cm³/mol. The zero-order chi connectivity index (χ0) is 83.3. The quantitative estimate of drug-likeness (QED) is 0.171. The van der Waals surface area contributed by atoms with E-state index in [-0.39, 0.29) is 16.2 Å². The molecule has 1 spiro atoms. The van der Waals surface area contributed by atoms with Crippen LogP contribution in [0.1, 0.15) is 120 Å². The van der Waals surface area contributed by atoms with Crippen LogP contribution in [-0.4, -0.2) is 7.11 Å². The van der Waals surface area contributed by atoms with Gasteiger partial charge in [0.1, 0.15) is 5.75 Å². The number of fused-ring (bicyclic) bond motifs is 18. The zero-order valence-electron chi connectivity index (χ0n) is 71.3. The first kappa shape index (κ1) is 81.4. The average molecular weight is 1550 g/mol. The lowest BCUT2D eigenvalue weighted by molar-refractivity contribution is 0.414. The van der Waals surface area contributed by atoms with E-state index in [1.807, 2.05) is 30.3 Å². The Morgan fingerprint density at radius 1 is 0.192 bits per heavy atom. The van der Waals surface area contributed by atoms with Gasteiger partial charge in [0.15, 0.2) is 0 Å². The average Bonchev–Trinajstić information content (AvgIpc) is 1.51. The maximum Gasteiger partial charge on any atom is 0.118 e. The lowest BCUT2D eigenvalue weighted by Crippen LogP contribution is -2.28. The van der Waals surface area contributed by atoms with E-state index >= 15 is 0 Å². The maximum absolute atomic E-state index is 4.97. The van der Waals surface area contributed by atoms with Crippen molar-refractivity contribution in [3.8, 4) is 61.4 Å². The summed E-state index contributed by atoms with van der Waals surface area (Å²) >= 11 is 0. The van der Waals surface area contributed by atoms with Gasteiger partial charge in [0.2, 0.25) is 0 Å². The highest BCUT2D eigenvalue weighted by molar-refractivity contribution is 5.95. The van der Waals surface area contributed by atoms with Crippen molar-refractivity contribution in [1.82, 2.24) is 0 Å². The SMILES string of the molecule is COc1ccc(C)cc1.Cc1ccc(C)cc1.Cc1ccc2c(c1)C(C)(C)c1ccccc1-2.Cc1ccc2c(c1)C(c1ccccc1)(c1ccccc1)c1ccccc1-2.Cc1ccc2c(c1)C1(c3ccccc3-c3ccccc31)c1ccccc1-2.Cc1ccc2ccccc2c1.Cc1cccc2ccccc12.Cc1ccccc1-c1ccccc1. The molecule has 0 heterocycles. The third-order valence-electron chi connectivity index (χ3n) is 24.1. The van der Waals surface area contributed by atoms with Gasteiger partial charge in [-0.25, -0.2) is 0 Å². The molecule has 0 amide bonds. The Kier molecular flexibility index (Phi) is 24.7. The summed E-state index contributed by atoms with van der Waals surface area (Å²) in [6.45, 7) is 23.8. The van der Waals surface area contributed by atoms with Crippen molar-refractivity contribution in [2.24, 2.45) is 0 Å². The minimum Gasteiger partial charge on any atom is -0.497 e. The summed E-state index contributed by atoms with van der Waals surface area (Å²) in [5.74, 6) is 0.917. The lowest BCUT2D eigenvalue weighted by Gasteiger charge is -2.34. The molecule has 0 aromatic heterocycles. The molecule has 18 aromatic rings. The molecule has 0 N–H and O–H groups in total. The van der Waals surface area contributed by atoms with Crippen LogP contribution in [0.5, 0.6) is 5.75 Å². The van der Waals surface area contributed by atoms with Crippen LogP contribution in [0.4, 0.5) is 0 Å². The number of ether oxygens (including phenoxy) is 1. The molecule has 1 heteroatoms. The first-order chi connectivity index (χ1) is 58.5. The van der Waals surface area contributed by atoms with Gasteiger partial charge in [-0.3, -0.25) is 0 Å². The van der Waals surface area contributed by atoms with Crippen LogP contribution in [0, 0.1) is 62.3 Å². The van der Waals surface area contributed by atoms with E-state index in [0.29, 0.717) is 0 Å². The van der Waals surface area contributed by atoms with Crippen LogP contribution in [0.15, 0.2) is 425 Å². The van der Waals surface area contributed by atoms with Crippen molar-refractivity contribution in [3.05, 3.63) is 530 Å². The zero-order valence-corrected chi connectivity index (χ0v) is 71.3. The Morgan fingerprint density at radius 2 is 0.500 bits per heavy atom. The lowest BCUT2D eigenvalue weighted by atomic mass is 9.67. The monoisotopic (exact) mass is 1550 g/mol. The molecule has 18 aromatic carbocycles. The van der Waals surface area contributed by atoms with E-state index < -0.39 is 0 Å². The molecule has 120 heavy (non-hydrogen) atoms. The van der Waals surface area contributed by atoms with Crippen LogP contribution in [0.25, 0.3) is 77.2 Å². The third-order valence-corrected chi connectivity index (χ3v) is 24.1. The molecule has 0 aliphatic heterocycles. The molecule has 0 radical (unpaired) electrons. The second-order valence-electron chi connectivity index (χ2n) is 32.7. The van der Waals surface area contributed by atoms with Gasteiger partial charge in [0, 0.05) is 5.41 Å². The first-order valence-corrected chi connectivity index (χ1v) is 42.1. The number of rotatable bonds is 4. The Balaban J connectivity index is 0.000000111. The minimum absolute atomic E-state index is 0.151. The fraction of sp³-hybridized carbons (Fsp3) is 0.126. The van der Waals surface area contributed by atoms with Crippen LogP contribution in [0.2, 0.25) is 0 Å². The molecule has 0 saturated carbocycles. The number of hydrogen-bond donors (Lipinski definition) is 0. The normalized spacial score (nSPS) is 12.5. The van der Waals surface area contributed by atoms with Crippen LogP contribution >= 0.6 is 0 Å². The number of methoxy groups -OCH3 is 1. The van der Waals surface area contributed by atoms with Gasteiger partial charge in [-0.1, -0.05) is 465 Å². The molecular weight excluding hydrogens is 1450 g/mol. The summed E-state index contributed by atoms with van der Waals surface area (Å²) in [4.78, 5) is 0. The molecule has 4 aliphatic rings. The summed E-state index contributed by atoms with van der Waals surface area (Å²) in [5, 5.41) is 5.33. The van der Waals surface area contributed by atoms with Crippen LogP contribution < -0.4 is 4.74 Å². The fourth-order valence-corrected chi connectivity index (χ4v) is 18.1. The van der Waals surface area contributed by atoms with Crippen molar-refractivity contribution in [1.29, 1.82) is 0 Å². The Morgan fingerprint density at radius 3 is 0.967 bits per heavy atom. The Hall–Kier alpha value is -13.7. The molecular formula is C119H106O. The van der Waals surface area contributed by atoms with Crippen molar-refractivity contribution < 1.29 is 4.74 Å². The Bertz CT molecular complexity index is 6320. The highest BCUT2D eigenvalue weighted by atomic mass is 16.5. The highest BCUT2D eigenvalue weighted by Crippen LogP contribution is 2.63. The smallest absolute Gasteiger partial charge is 0.118 e. The summed E-state index contributed by atoms with van der Waals surface area (Å²) in [7, 11) is 1.67. The van der Waals surface area contributed by atoms with Gasteiger partial charge in [-0.05, 0) is 218 Å². The van der Waals surface area contributed by atoms with E-state index in [9.17, 15) is 0 Å². The van der Waals surface area contributed by atoms with Gasteiger partial charge in [-0.2, -0.15) is 0 Å². The van der Waals surface area contributed by atoms with E-state index in [1.54, 1.807) is 7.11 Å². The van der Waals surface area contributed by atoms with Crippen molar-refractivity contribution in [2.45, 2.75) is 92.4 Å². The topological polar surface area (TPSA) is 9.23 Å². The van der Waals surface area contributed by atoms with E-state index in [0.717, 1.165) is 5.75 Å². The molecule has 0 saturated heterocycles. The van der Waals surface area contributed by atoms with Crippen molar-refractivity contribution in [2.75, 3.05) is 7.11 Å². The van der Waals surface area contributed by atoms with Gasteiger partial charge in [0.05, 0.1) is 17.9 Å². The summed E-state index contributed by atoms with van der Waals surface area (Å²) in [6.07, 6.45) is 0. The Labute approximate surface area is 712 Å². The van der Waals surface area contributed by atoms with E-state index in [2.05, 4.69) is 470 Å². The number of hydrogen-bond acceptors (Lipinski definition) is 1. The van der Waals surface area contributed by atoms with Crippen molar-refractivity contribution >= 4 is 21.5 Å². The third kappa shape index (κ3) is 16.7. The summed E-state index contributed by atoms with van der Waals surface area (Å²) in [5.41, 5.74) is 39.2. The largest absolute Gasteiger partial charge is 0.497 e. The van der Waals surface area contributed by atoms with Gasteiger partial charge in [0.25, 0.3) is 0 Å². The van der Waals surface area contributed by atoms with Gasteiger partial charge >= 0.3 is 0 Å². The molecule has 22 rings (SSSR count). The molecule has 0 atom stereocenters. The molecule has 4 aliphatic carbocycles. The summed E-state index contributed by atoms with van der Waals surface area (Å²) in [6, 6.07) is 152. The van der Waals surface area contributed by atoms with Gasteiger partial charge < -0.3 is 4.74 Å². The molecule has 0 fully saturated rings. The molecule has 0 unspecified atom stereocenters. The second-order valence-corrected chi connectivity index (χ2v) is 32.7. The molecule has 588 valence electrons. The molecule has 1 nitrogen and oxygen atoms in total. The van der Waals surface area contributed by atoms with E-state index in [1.165, 1.54) is 183 Å². The number of benzene rings is 18. The highest BCUT2D eigenvalue weighted by Gasteiger charge is 2.52. The maximum atomic E-state index is 4.97. The minimum atomic E-state index is -0.263. The van der Waals surface area contributed by atoms with Gasteiger partial charge in [-0.15, -0.1) is 0 Å². The molecule has 0 bridgehead atoms.